The number of anilines is 1. The third-order valence-corrected chi connectivity index (χ3v) is 8.65. The third-order valence-electron chi connectivity index (χ3n) is 8.00. The Hall–Kier alpha value is -3.48. The number of fused-ring (bicyclic) bond motifs is 3. The molecule has 0 saturated carbocycles. The quantitative estimate of drug-likeness (QED) is 0.305. The second-order valence-electron chi connectivity index (χ2n) is 10.8. The highest BCUT2D eigenvalue weighted by Crippen LogP contribution is 2.50. The van der Waals surface area contributed by atoms with Crippen LogP contribution < -0.4 is 35.6 Å². The maximum absolute atomic E-state index is 13.8. The molecule has 1 fully saturated rings. The Kier molecular flexibility index (Phi) is 12.2. The number of aryl methyl sites for hydroxylation is 1. The van der Waals surface area contributed by atoms with E-state index in [0.717, 1.165) is 42.1 Å². The van der Waals surface area contributed by atoms with E-state index >= 15 is 0 Å². The minimum Gasteiger partial charge on any atom is -0.493 e. The zero-order valence-electron chi connectivity index (χ0n) is 26.2. The molecule has 2 aromatic carbocycles. The van der Waals surface area contributed by atoms with Crippen LogP contribution in [0, 0.1) is 0 Å². The lowest BCUT2D eigenvalue weighted by Gasteiger charge is -2.27. The number of ether oxygens (including phenoxy) is 4. The van der Waals surface area contributed by atoms with E-state index in [1.54, 1.807) is 45.2 Å². The normalized spacial score (nSPS) is 16.9. The van der Waals surface area contributed by atoms with Crippen molar-refractivity contribution >= 4 is 29.3 Å². The molecule has 1 aliphatic carbocycles. The number of benzene rings is 1. The summed E-state index contributed by atoms with van der Waals surface area (Å²) in [5.74, 6) is 1.85. The highest BCUT2D eigenvalue weighted by Gasteiger charge is 2.30. The van der Waals surface area contributed by atoms with Crippen LogP contribution in [0.2, 0.25) is 0 Å². The summed E-state index contributed by atoms with van der Waals surface area (Å²) in [6, 6.07) is 6.03. The number of thioether (sulfide) groups is 1. The summed E-state index contributed by atoms with van der Waals surface area (Å²) in [5.41, 5.74) is 3.14. The Balaban J connectivity index is 1.72. The van der Waals surface area contributed by atoms with Gasteiger partial charge in [-0.25, -0.2) is 0 Å². The molecule has 1 aliphatic heterocycles. The summed E-state index contributed by atoms with van der Waals surface area (Å²) in [6.07, 6.45) is 3.70. The van der Waals surface area contributed by atoms with Crippen LogP contribution in [-0.4, -0.2) is 95.5 Å². The molecule has 0 spiro atoms. The molecule has 2 aromatic rings. The minimum absolute atomic E-state index is 0.153. The number of hydrogen-bond donors (Lipinski definition) is 3. The minimum atomic E-state index is -0.598. The smallest absolute Gasteiger partial charge is 0.242 e. The molecule has 44 heavy (non-hydrogen) atoms. The highest BCUT2D eigenvalue weighted by atomic mass is 32.2. The summed E-state index contributed by atoms with van der Waals surface area (Å²) in [7, 11) is 4.69. The number of morpholine rings is 1. The van der Waals surface area contributed by atoms with E-state index < -0.39 is 12.1 Å². The van der Waals surface area contributed by atoms with Gasteiger partial charge in [-0.3, -0.25) is 19.3 Å². The van der Waals surface area contributed by atoms with Gasteiger partial charge in [0.1, 0.15) is 6.04 Å². The number of amides is 2. The van der Waals surface area contributed by atoms with Crippen molar-refractivity contribution in [3.63, 3.8) is 0 Å². The van der Waals surface area contributed by atoms with E-state index in [1.807, 2.05) is 18.4 Å². The molecule has 4 rings (SSSR count). The zero-order chi connectivity index (χ0) is 31.6. The number of rotatable bonds is 13. The summed E-state index contributed by atoms with van der Waals surface area (Å²) in [4.78, 5) is 41.6. The first-order valence-corrected chi connectivity index (χ1v) is 16.3. The van der Waals surface area contributed by atoms with Gasteiger partial charge in [0.05, 0.1) is 46.3 Å². The number of carbonyl (C=O) groups excluding carboxylic acids is 2. The van der Waals surface area contributed by atoms with Gasteiger partial charge in [-0.1, -0.05) is 6.07 Å². The van der Waals surface area contributed by atoms with E-state index in [2.05, 4.69) is 20.9 Å². The summed E-state index contributed by atoms with van der Waals surface area (Å²) in [5, 5.41) is 9.31. The Morgan fingerprint density at radius 1 is 1.09 bits per heavy atom. The summed E-state index contributed by atoms with van der Waals surface area (Å²) in [6.45, 7) is 5.81. The average molecular weight is 629 g/mol. The van der Waals surface area contributed by atoms with E-state index in [4.69, 9.17) is 18.9 Å². The van der Waals surface area contributed by atoms with Crippen molar-refractivity contribution in [2.75, 3.05) is 78.0 Å². The molecule has 12 heteroatoms. The second-order valence-corrected chi connectivity index (χ2v) is 11.8. The molecule has 2 atom stereocenters. The molecule has 1 heterocycles. The van der Waals surface area contributed by atoms with E-state index in [9.17, 15) is 14.4 Å². The fourth-order valence-corrected chi connectivity index (χ4v) is 6.28. The monoisotopic (exact) mass is 628 g/mol. The van der Waals surface area contributed by atoms with Crippen molar-refractivity contribution in [2.24, 2.45) is 0 Å². The van der Waals surface area contributed by atoms with Crippen LogP contribution in [0.15, 0.2) is 29.1 Å². The molecule has 2 amide bonds. The van der Waals surface area contributed by atoms with Gasteiger partial charge in [0.25, 0.3) is 0 Å². The first-order chi connectivity index (χ1) is 21.3. The molecule has 240 valence electrons. The number of carbonyl (C=O) groups is 2. The van der Waals surface area contributed by atoms with Gasteiger partial charge in [0.15, 0.2) is 11.5 Å². The molecule has 3 N–H and O–H groups in total. The van der Waals surface area contributed by atoms with Gasteiger partial charge in [-0.05, 0) is 66.2 Å². The first kappa shape index (κ1) is 33.4. The van der Waals surface area contributed by atoms with Crippen LogP contribution in [0.1, 0.15) is 36.9 Å². The van der Waals surface area contributed by atoms with E-state index in [0.29, 0.717) is 67.5 Å². The molecule has 0 aromatic heterocycles. The van der Waals surface area contributed by atoms with Crippen molar-refractivity contribution in [1.82, 2.24) is 15.5 Å². The van der Waals surface area contributed by atoms with Crippen molar-refractivity contribution < 1.29 is 28.5 Å². The molecule has 0 bridgehead atoms. The second kappa shape index (κ2) is 16.0. The SMILES string of the molecule is COc1cc2c(c(OC)c1OC)-c1ccc(NC(CCSC)C(=O)NCCN3CCOCC3)c(=O)cc1C(NC(C)=O)CC2. The Morgan fingerprint density at radius 3 is 2.50 bits per heavy atom. The number of hydrogen-bond acceptors (Lipinski definition) is 10. The van der Waals surface area contributed by atoms with E-state index in [1.165, 1.54) is 6.92 Å². The zero-order valence-corrected chi connectivity index (χ0v) is 27.1. The van der Waals surface area contributed by atoms with E-state index in [-0.39, 0.29) is 17.2 Å². The maximum Gasteiger partial charge on any atom is 0.242 e. The lowest BCUT2D eigenvalue weighted by Crippen LogP contribution is -2.45. The topological polar surface area (TPSA) is 127 Å². The van der Waals surface area contributed by atoms with Gasteiger partial charge in [-0.15, -0.1) is 0 Å². The van der Waals surface area contributed by atoms with Gasteiger partial charge in [0, 0.05) is 38.7 Å². The molecule has 2 aliphatic rings. The van der Waals surface area contributed by atoms with Crippen LogP contribution >= 0.6 is 11.8 Å². The third kappa shape index (κ3) is 7.96. The van der Waals surface area contributed by atoms with Crippen LogP contribution in [0.4, 0.5) is 5.69 Å². The van der Waals surface area contributed by atoms with Crippen LogP contribution in [0.25, 0.3) is 11.1 Å². The number of nitrogens with zero attached hydrogens (tertiary/aromatic N) is 1. The fraction of sp³-hybridized carbons (Fsp3) is 0.531. The summed E-state index contributed by atoms with van der Waals surface area (Å²) >= 11 is 1.64. The predicted octanol–water partition coefficient (Wildman–Crippen LogP) is 2.85. The molecular weight excluding hydrogens is 584 g/mol. The Bertz CT molecular complexity index is 1380. The number of nitrogens with one attached hydrogen (secondary N) is 3. The van der Waals surface area contributed by atoms with Crippen LogP contribution in [0.5, 0.6) is 17.2 Å². The maximum atomic E-state index is 13.8. The highest BCUT2D eigenvalue weighted by molar-refractivity contribution is 7.98. The lowest BCUT2D eigenvalue weighted by atomic mass is 9.95. The van der Waals surface area contributed by atoms with Crippen LogP contribution in [-0.2, 0) is 20.7 Å². The molecule has 1 saturated heterocycles. The van der Waals surface area contributed by atoms with Gasteiger partial charge in [-0.2, -0.15) is 11.8 Å². The van der Waals surface area contributed by atoms with Crippen LogP contribution in [0.3, 0.4) is 0 Å². The first-order valence-electron chi connectivity index (χ1n) is 14.9. The molecule has 2 unspecified atom stereocenters. The van der Waals surface area contributed by atoms with Crippen molar-refractivity contribution in [3.05, 3.63) is 45.6 Å². The standard InChI is InChI=1S/C32H44N4O7S/c1-20(37)34-24-8-6-21-18-28(40-2)30(41-3)31(42-4)29(21)22-7-9-25(27(38)19-23(22)24)35-26(10-17-44-5)32(39)33-11-12-36-13-15-43-16-14-36/h7,9,18-19,24,26H,6,8,10-17H2,1-5H3,(H,33,39)(H,34,37)(H,35,38). The lowest BCUT2D eigenvalue weighted by molar-refractivity contribution is -0.122. The average Bonchev–Trinajstić information content (AvgIpc) is 3.26. The van der Waals surface area contributed by atoms with Crippen molar-refractivity contribution in [1.29, 1.82) is 0 Å². The molecule has 0 radical (unpaired) electrons. The molecule has 11 nitrogen and oxygen atoms in total. The fourth-order valence-electron chi connectivity index (χ4n) is 5.80. The number of methoxy groups -OCH3 is 3. The predicted molar refractivity (Wildman–Crippen MR) is 173 cm³/mol. The van der Waals surface area contributed by atoms with Gasteiger partial charge < -0.3 is 34.9 Å². The van der Waals surface area contributed by atoms with Gasteiger partial charge in [0.2, 0.25) is 23.0 Å². The largest absolute Gasteiger partial charge is 0.493 e. The molecular formula is C32H44N4O7S. The van der Waals surface area contributed by atoms with Crippen molar-refractivity contribution in [3.8, 4) is 28.4 Å². The summed E-state index contributed by atoms with van der Waals surface area (Å²) < 4.78 is 22.6. The van der Waals surface area contributed by atoms with Gasteiger partial charge >= 0.3 is 0 Å². The Morgan fingerprint density at radius 2 is 1.84 bits per heavy atom. The Labute approximate surface area is 263 Å². The van der Waals surface area contributed by atoms with Crippen molar-refractivity contribution in [2.45, 2.75) is 38.3 Å².